The number of rotatable bonds is 5. The number of carbonyl (C=O) groups excluding carboxylic acids is 1. The van der Waals surface area contributed by atoms with Crippen LogP contribution in [0.2, 0.25) is 0 Å². The van der Waals surface area contributed by atoms with Crippen LogP contribution in [0.25, 0.3) is 0 Å². The molecule has 112 valence electrons. The standard InChI is InChI=1S/C11H18N4O4.CH3/c1-4-18-11(16)9(7-12)13-19-10-8-17-6-5-15(10)14(2)3;/h10H,4-6,8H2,1-3H3;1H3/q;+1. The van der Waals surface area contributed by atoms with E-state index >= 15 is 0 Å². The molecule has 0 spiro atoms. The van der Waals surface area contributed by atoms with Crippen molar-refractivity contribution in [1.82, 2.24) is 10.0 Å². The van der Waals surface area contributed by atoms with Gasteiger partial charge in [0, 0.05) is 28.1 Å². The number of oxime groups is 1. The van der Waals surface area contributed by atoms with Crippen molar-refractivity contribution in [3.63, 3.8) is 0 Å². The van der Waals surface area contributed by atoms with E-state index in [1.54, 1.807) is 13.0 Å². The van der Waals surface area contributed by atoms with Gasteiger partial charge in [0.1, 0.15) is 12.7 Å². The first-order valence-electron chi connectivity index (χ1n) is 5.92. The van der Waals surface area contributed by atoms with Crippen molar-refractivity contribution in [1.29, 1.82) is 5.26 Å². The highest BCUT2D eigenvalue weighted by molar-refractivity contribution is 6.42. The number of hydrazine groups is 1. The number of carbonyl (C=O) groups is 1. The predicted octanol–water partition coefficient (Wildman–Crippen LogP) is 0.0309. The number of nitrogens with zero attached hydrogens (tertiary/aromatic N) is 4. The lowest BCUT2D eigenvalue weighted by molar-refractivity contribution is -0.205. The molecule has 0 N–H and O–H groups in total. The molecule has 8 nitrogen and oxygen atoms in total. The lowest BCUT2D eigenvalue weighted by Gasteiger charge is -2.37. The van der Waals surface area contributed by atoms with Crippen LogP contribution in [0.15, 0.2) is 5.16 Å². The highest BCUT2D eigenvalue weighted by Gasteiger charge is 2.27. The van der Waals surface area contributed by atoms with Crippen LogP contribution in [0.3, 0.4) is 0 Å². The first kappa shape index (κ1) is 18.2. The van der Waals surface area contributed by atoms with E-state index < -0.39 is 17.9 Å². The number of nitriles is 1. The fourth-order valence-electron chi connectivity index (χ4n) is 1.53. The Bertz CT molecular complexity index is 378. The molecule has 0 saturated carbocycles. The zero-order valence-electron chi connectivity index (χ0n) is 12.3. The van der Waals surface area contributed by atoms with Gasteiger partial charge in [0.25, 0.3) is 5.71 Å². The second-order valence-corrected chi connectivity index (χ2v) is 3.92. The van der Waals surface area contributed by atoms with Gasteiger partial charge in [-0.15, -0.1) is 0 Å². The number of hydrogen-bond acceptors (Lipinski definition) is 8. The molecule has 1 unspecified atom stereocenters. The lowest BCUT2D eigenvalue weighted by atomic mass is 10.4. The first-order valence-corrected chi connectivity index (χ1v) is 5.92. The van der Waals surface area contributed by atoms with Crippen molar-refractivity contribution < 1.29 is 19.1 Å². The zero-order valence-corrected chi connectivity index (χ0v) is 12.3. The summed E-state index contributed by atoms with van der Waals surface area (Å²) in [6, 6.07) is 1.65. The highest BCUT2D eigenvalue weighted by atomic mass is 16.7. The van der Waals surface area contributed by atoms with Crippen LogP contribution in [0, 0.1) is 18.8 Å². The summed E-state index contributed by atoms with van der Waals surface area (Å²) in [6.07, 6.45) is -0.471. The fraction of sp³-hybridized carbons (Fsp3) is 0.667. The molecule has 20 heavy (non-hydrogen) atoms. The molecule has 8 heteroatoms. The molecule has 0 aliphatic carbocycles. The smallest absolute Gasteiger partial charge is 0.371 e. The Morgan fingerprint density at radius 2 is 2.30 bits per heavy atom. The van der Waals surface area contributed by atoms with E-state index in [0.29, 0.717) is 19.8 Å². The minimum absolute atomic E-state index is 0. The maximum atomic E-state index is 11.4. The van der Waals surface area contributed by atoms with Crippen LogP contribution >= 0.6 is 0 Å². The molecule has 1 aliphatic heterocycles. The summed E-state index contributed by atoms with van der Waals surface area (Å²) < 4.78 is 9.96. The van der Waals surface area contributed by atoms with Crippen molar-refractivity contribution in [3.8, 4) is 6.07 Å². The second-order valence-electron chi connectivity index (χ2n) is 3.92. The Kier molecular flexibility index (Phi) is 8.31. The molecule has 0 radical (unpaired) electrons. The van der Waals surface area contributed by atoms with E-state index in [1.807, 2.05) is 24.1 Å². The highest BCUT2D eigenvalue weighted by Crippen LogP contribution is 2.09. The number of morpholine rings is 1. The molecular formula is C12H21N4O4+. The molecule has 1 fully saturated rings. The average Bonchev–Trinajstić information content (AvgIpc) is 2.40. The Balaban J connectivity index is 0.00000361. The molecule has 0 aromatic rings. The average molecular weight is 285 g/mol. The molecule has 1 heterocycles. The summed E-state index contributed by atoms with van der Waals surface area (Å²) in [5.74, 6) is -0.793. The Morgan fingerprint density at radius 1 is 1.60 bits per heavy atom. The minimum atomic E-state index is -0.793. The van der Waals surface area contributed by atoms with Crippen molar-refractivity contribution in [2.45, 2.75) is 13.2 Å². The maximum absolute atomic E-state index is 11.4. The van der Waals surface area contributed by atoms with Crippen LogP contribution in [0.1, 0.15) is 6.92 Å². The topological polar surface area (TPSA) is 87.4 Å². The Hall–Kier alpha value is -1.82. The third-order valence-corrected chi connectivity index (χ3v) is 2.41. The van der Waals surface area contributed by atoms with Gasteiger partial charge in [-0.3, -0.25) is 0 Å². The van der Waals surface area contributed by atoms with Gasteiger partial charge >= 0.3 is 5.97 Å². The van der Waals surface area contributed by atoms with Crippen molar-refractivity contribution in [3.05, 3.63) is 7.43 Å². The third-order valence-electron chi connectivity index (χ3n) is 2.41. The monoisotopic (exact) mass is 285 g/mol. The molecular weight excluding hydrogens is 264 g/mol. The molecule has 0 aromatic heterocycles. The van der Waals surface area contributed by atoms with Crippen molar-refractivity contribution in [2.75, 3.05) is 40.5 Å². The second kappa shape index (κ2) is 9.14. The van der Waals surface area contributed by atoms with Gasteiger partial charge in [-0.05, 0) is 6.92 Å². The van der Waals surface area contributed by atoms with Gasteiger partial charge in [0.2, 0.25) is 6.23 Å². The number of esters is 1. The van der Waals surface area contributed by atoms with Crippen LogP contribution < -0.4 is 0 Å². The third kappa shape index (κ3) is 5.05. The van der Waals surface area contributed by atoms with Gasteiger partial charge < -0.3 is 14.3 Å². The first-order chi connectivity index (χ1) is 9.10. The summed E-state index contributed by atoms with van der Waals surface area (Å²) in [5, 5.41) is 16.1. The lowest BCUT2D eigenvalue weighted by Crippen LogP contribution is -2.52. The Morgan fingerprint density at radius 3 is 2.85 bits per heavy atom. The number of hydrogen-bond donors (Lipinski definition) is 0. The summed E-state index contributed by atoms with van der Waals surface area (Å²) in [6.45, 7) is 3.37. The predicted molar refractivity (Wildman–Crippen MR) is 72.2 cm³/mol. The quantitative estimate of drug-likeness (QED) is 0.305. The van der Waals surface area contributed by atoms with E-state index in [9.17, 15) is 4.79 Å². The summed E-state index contributed by atoms with van der Waals surface area (Å²) in [5.41, 5.74) is -0.411. The van der Waals surface area contributed by atoms with Gasteiger partial charge in [-0.1, -0.05) is 5.16 Å². The SMILES string of the molecule is CCOC(=O)C(C#N)=NOC1COCCN1N(C)C.[CH3+]. The van der Waals surface area contributed by atoms with E-state index in [1.165, 1.54) is 0 Å². The fourth-order valence-corrected chi connectivity index (χ4v) is 1.53. The van der Waals surface area contributed by atoms with Crippen LogP contribution in [-0.4, -0.2) is 68.4 Å². The summed E-state index contributed by atoms with van der Waals surface area (Å²) in [7, 11) is 3.73. The van der Waals surface area contributed by atoms with Gasteiger partial charge in [0.15, 0.2) is 0 Å². The van der Waals surface area contributed by atoms with Crippen molar-refractivity contribution in [2.24, 2.45) is 5.16 Å². The molecule has 1 saturated heterocycles. The van der Waals surface area contributed by atoms with Crippen LogP contribution in [0.5, 0.6) is 0 Å². The molecule has 1 rings (SSSR count). The number of ether oxygens (including phenoxy) is 2. The molecule has 1 aliphatic rings. The Labute approximate surface area is 119 Å². The molecule has 1 atom stereocenters. The van der Waals surface area contributed by atoms with Gasteiger partial charge in [-0.2, -0.15) is 10.3 Å². The van der Waals surface area contributed by atoms with E-state index in [-0.39, 0.29) is 14.0 Å². The molecule has 0 aromatic carbocycles. The molecule has 0 amide bonds. The molecule has 0 bridgehead atoms. The normalized spacial score (nSPS) is 19.9. The van der Waals surface area contributed by atoms with Crippen molar-refractivity contribution >= 4 is 11.7 Å². The summed E-state index contributed by atoms with van der Waals surface area (Å²) in [4.78, 5) is 16.6. The van der Waals surface area contributed by atoms with E-state index in [0.717, 1.165) is 0 Å². The van der Waals surface area contributed by atoms with Gasteiger partial charge in [0.05, 0.1) is 13.2 Å². The van der Waals surface area contributed by atoms with Gasteiger partial charge in [-0.25, -0.2) is 9.80 Å². The van der Waals surface area contributed by atoms with Crippen LogP contribution in [-0.2, 0) is 19.1 Å². The maximum Gasteiger partial charge on any atom is 0.371 e. The summed E-state index contributed by atoms with van der Waals surface area (Å²) >= 11 is 0. The van der Waals surface area contributed by atoms with E-state index in [2.05, 4.69) is 9.89 Å². The minimum Gasteiger partial charge on any atom is -0.461 e. The largest absolute Gasteiger partial charge is 0.461 e. The zero-order chi connectivity index (χ0) is 14.3. The van der Waals surface area contributed by atoms with E-state index in [4.69, 9.17) is 14.8 Å². The van der Waals surface area contributed by atoms with Crippen LogP contribution in [0.4, 0.5) is 0 Å².